The Labute approximate surface area is 153 Å². The van der Waals surface area contributed by atoms with Gasteiger partial charge in [-0.25, -0.2) is 4.98 Å². The smallest absolute Gasteiger partial charge is 0.501 e. The quantitative estimate of drug-likeness (QED) is 0.568. The van der Waals surface area contributed by atoms with Gasteiger partial charge in [0.2, 0.25) is 5.88 Å². The van der Waals surface area contributed by atoms with E-state index in [1.807, 2.05) is 0 Å². The van der Waals surface area contributed by atoms with E-state index in [1.54, 1.807) is 25.1 Å². The van der Waals surface area contributed by atoms with Crippen LogP contribution in [0.3, 0.4) is 0 Å². The van der Waals surface area contributed by atoms with Crippen LogP contribution in [0.1, 0.15) is 30.4 Å². The van der Waals surface area contributed by atoms with Gasteiger partial charge in [0, 0.05) is 17.4 Å². The second-order valence-electron chi connectivity index (χ2n) is 6.03. The molecule has 0 saturated heterocycles. The SMILES string of the molecule is COC1=Cc2c(c(OS(=O)(=O)C(F)(F)F)nc3ccc(OC)cc23)[C@@H](C)C1. The van der Waals surface area contributed by atoms with Crippen molar-refractivity contribution in [2.45, 2.75) is 24.8 Å². The van der Waals surface area contributed by atoms with E-state index in [0.717, 1.165) is 0 Å². The van der Waals surface area contributed by atoms with Crippen LogP contribution in [0, 0.1) is 0 Å². The van der Waals surface area contributed by atoms with Crippen molar-refractivity contribution in [2.24, 2.45) is 0 Å². The Morgan fingerprint density at radius 1 is 1.19 bits per heavy atom. The number of ether oxygens (including phenoxy) is 2. The van der Waals surface area contributed by atoms with E-state index >= 15 is 0 Å². The molecule has 0 saturated carbocycles. The Kier molecular flexibility index (Phi) is 4.71. The Morgan fingerprint density at radius 2 is 1.89 bits per heavy atom. The molecule has 0 spiro atoms. The van der Waals surface area contributed by atoms with Gasteiger partial charge >= 0.3 is 15.6 Å². The summed E-state index contributed by atoms with van der Waals surface area (Å²) in [7, 11) is -2.88. The van der Waals surface area contributed by atoms with Crippen LogP contribution in [-0.2, 0) is 14.9 Å². The van der Waals surface area contributed by atoms with Crippen molar-refractivity contribution < 1.29 is 35.2 Å². The van der Waals surface area contributed by atoms with Crippen LogP contribution < -0.4 is 8.92 Å². The molecule has 1 aromatic carbocycles. The fourth-order valence-corrected chi connectivity index (χ4v) is 3.43. The van der Waals surface area contributed by atoms with Crippen molar-refractivity contribution in [3.8, 4) is 11.6 Å². The molecule has 6 nitrogen and oxygen atoms in total. The zero-order valence-corrected chi connectivity index (χ0v) is 15.4. The van der Waals surface area contributed by atoms with E-state index < -0.39 is 21.5 Å². The van der Waals surface area contributed by atoms with Crippen LogP contribution in [0.25, 0.3) is 17.0 Å². The van der Waals surface area contributed by atoms with Crippen LogP contribution in [0.4, 0.5) is 13.2 Å². The van der Waals surface area contributed by atoms with E-state index in [-0.39, 0.29) is 17.0 Å². The molecule has 2 aromatic rings. The van der Waals surface area contributed by atoms with E-state index in [2.05, 4.69) is 9.17 Å². The summed E-state index contributed by atoms with van der Waals surface area (Å²) in [5.74, 6) is 0.170. The summed E-state index contributed by atoms with van der Waals surface area (Å²) in [6.07, 6.45) is 2.01. The molecule has 1 heterocycles. The van der Waals surface area contributed by atoms with Crippen LogP contribution in [-0.4, -0.2) is 33.1 Å². The first kappa shape index (κ1) is 19.3. The maximum absolute atomic E-state index is 12.8. The second-order valence-corrected chi connectivity index (χ2v) is 7.57. The minimum Gasteiger partial charge on any atom is -0.501 e. The van der Waals surface area contributed by atoms with Gasteiger partial charge in [-0.2, -0.15) is 21.6 Å². The average molecular weight is 403 g/mol. The van der Waals surface area contributed by atoms with Crippen molar-refractivity contribution in [1.29, 1.82) is 0 Å². The third kappa shape index (κ3) is 3.41. The molecule has 146 valence electrons. The number of hydrogen-bond donors (Lipinski definition) is 0. The number of hydrogen-bond acceptors (Lipinski definition) is 6. The van der Waals surface area contributed by atoms with Crippen LogP contribution in [0.2, 0.25) is 0 Å². The summed E-state index contributed by atoms with van der Waals surface area (Å²) in [4.78, 5) is 4.04. The number of aromatic nitrogens is 1. The van der Waals surface area contributed by atoms with Gasteiger partial charge in [-0.3, -0.25) is 0 Å². The van der Waals surface area contributed by atoms with Gasteiger partial charge in [0.05, 0.1) is 25.5 Å². The monoisotopic (exact) mass is 403 g/mol. The van der Waals surface area contributed by atoms with Crippen molar-refractivity contribution in [3.05, 3.63) is 35.1 Å². The number of pyridine rings is 1. The lowest BCUT2D eigenvalue weighted by atomic mass is 9.86. The normalized spacial score (nSPS) is 17.3. The zero-order valence-electron chi connectivity index (χ0n) is 14.6. The molecule has 0 unspecified atom stereocenters. The molecule has 0 radical (unpaired) electrons. The third-order valence-electron chi connectivity index (χ3n) is 4.28. The maximum atomic E-state index is 12.8. The average Bonchev–Trinajstić information content (AvgIpc) is 2.59. The lowest BCUT2D eigenvalue weighted by Gasteiger charge is -2.25. The predicted molar refractivity (Wildman–Crippen MR) is 91.9 cm³/mol. The Hall–Kier alpha value is -2.49. The van der Waals surface area contributed by atoms with Crippen molar-refractivity contribution in [1.82, 2.24) is 4.98 Å². The number of nitrogens with zero attached hydrogens (tertiary/aromatic N) is 1. The van der Waals surface area contributed by atoms with E-state index in [4.69, 9.17) is 9.47 Å². The molecule has 1 aromatic heterocycles. The summed E-state index contributed by atoms with van der Waals surface area (Å²) in [6.45, 7) is 1.73. The minimum absolute atomic E-state index is 0.266. The molecule has 10 heteroatoms. The third-order valence-corrected chi connectivity index (χ3v) is 5.22. The molecule has 1 aliphatic carbocycles. The fourth-order valence-electron chi connectivity index (χ4n) is 3.00. The molecule has 0 bridgehead atoms. The number of allylic oxidation sites excluding steroid dienone is 1. The number of methoxy groups -OCH3 is 2. The van der Waals surface area contributed by atoms with Crippen molar-refractivity contribution in [3.63, 3.8) is 0 Å². The number of fused-ring (bicyclic) bond motifs is 3. The lowest BCUT2D eigenvalue weighted by Crippen LogP contribution is -2.29. The van der Waals surface area contributed by atoms with Gasteiger partial charge in [-0.05, 0) is 35.8 Å². The summed E-state index contributed by atoms with van der Waals surface area (Å²) in [5, 5.41) is 0.585. The van der Waals surface area contributed by atoms with Gasteiger partial charge < -0.3 is 13.7 Å². The molecule has 27 heavy (non-hydrogen) atoms. The maximum Gasteiger partial charge on any atom is 0.534 e. The molecule has 3 rings (SSSR count). The van der Waals surface area contributed by atoms with Gasteiger partial charge in [-0.1, -0.05) is 6.92 Å². The number of halogens is 3. The molecular formula is C17H16F3NO5S. The summed E-state index contributed by atoms with van der Waals surface area (Å²) in [5.41, 5.74) is -4.53. The highest BCUT2D eigenvalue weighted by atomic mass is 32.2. The Morgan fingerprint density at radius 3 is 2.48 bits per heavy atom. The Balaban J connectivity index is 2.31. The van der Waals surface area contributed by atoms with E-state index in [1.165, 1.54) is 20.3 Å². The van der Waals surface area contributed by atoms with Crippen LogP contribution in [0.5, 0.6) is 11.6 Å². The largest absolute Gasteiger partial charge is 0.534 e. The van der Waals surface area contributed by atoms with Crippen LogP contribution >= 0.6 is 0 Å². The first-order valence-corrected chi connectivity index (χ1v) is 9.25. The van der Waals surface area contributed by atoms with Gasteiger partial charge in [0.25, 0.3) is 0 Å². The van der Waals surface area contributed by atoms with Gasteiger partial charge in [-0.15, -0.1) is 0 Å². The Bertz CT molecular complexity index is 1030. The van der Waals surface area contributed by atoms with Crippen molar-refractivity contribution >= 4 is 27.1 Å². The highest BCUT2D eigenvalue weighted by molar-refractivity contribution is 7.87. The minimum atomic E-state index is -5.85. The molecule has 1 aliphatic rings. The van der Waals surface area contributed by atoms with Gasteiger partial charge in [0.1, 0.15) is 5.75 Å². The number of rotatable bonds is 4. The van der Waals surface area contributed by atoms with E-state index in [9.17, 15) is 21.6 Å². The predicted octanol–water partition coefficient (Wildman–Crippen LogP) is 3.97. The zero-order chi connectivity index (χ0) is 20.0. The molecule has 0 aliphatic heterocycles. The second kappa shape index (κ2) is 6.59. The first-order valence-electron chi connectivity index (χ1n) is 7.84. The molecular weight excluding hydrogens is 387 g/mol. The number of benzene rings is 1. The van der Waals surface area contributed by atoms with E-state index in [0.29, 0.717) is 28.9 Å². The summed E-state index contributed by atoms with van der Waals surface area (Å²) >= 11 is 0. The lowest BCUT2D eigenvalue weighted by molar-refractivity contribution is -0.0501. The fraction of sp³-hybridized carbons (Fsp3) is 0.353. The van der Waals surface area contributed by atoms with Gasteiger partial charge in [0.15, 0.2) is 0 Å². The highest BCUT2D eigenvalue weighted by Gasteiger charge is 2.49. The van der Waals surface area contributed by atoms with Crippen molar-refractivity contribution in [2.75, 3.05) is 14.2 Å². The molecule has 1 atom stereocenters. The summed E-state index contributed by atoms with van der Waals surface area (Å²) in [6, 6.07) is 4.75. The summed E-state index contributed by atoms with van der Waals surface area (Å²) < 4.78 is 76.3. The molecule has 0 amide bonds. The molecule has 0 N–H and O–H groups in total. The first-order chi connectivity index (χ1) is 12.6. The topological polar surface area (TPSA) is 74.7 Å². The van der Waals surface area contributed by atoms with Crippen LogP contribution in [0.15, 0.2) is 24.0 Å². The highest BCUT2D eigenvalue weighted by Crippen LogP contribution is 2.43. The standard InChI is InChI=1S/C17H16F3NO5S/c1-9-6-11(25-3)8-13-12-7-10(24-2)4-5-14(12)21-16(15(9)13)26-27(22,23)17(18,19)20/h4-5,7-9H,6H2,1-3H3/t9-/m0/s1. The molecule has 0 fully saturated rings. The number of alkyl halides is 3.